The van der Waals surface area contributed by atoms with Crippen LogP contribution in [0.1, 0.15) is 412 Å². The second-order valence-corrected chi connectivity index (χ2v) is 24.3. The van der Waals surface area contributed by atoms with Gasteiger partial charge in [-0.2, -0.15) is 0 Å². The van der Waals surface area contributed by atoms with E-state index in [0.717, 1.165) is 32.1 Å². The zero-order valence-electron chi connectivity index (χ0n) is 52.1. The van der Waals surface area contributed by atoms with E-state index in [2.05, 4.69) is 26.0 Å². The number of aliphatic hydroxyl groups is 1. The Kier molecular flexibility index (Phi) is 66.7. The van der Waals surface area contributed by atoms with Gasteiger partial charge in [-0.1, -0.05) is 373 Å². The molecule has 0 fully saturated rings. The summed E-state index contributed by atoms with van der Waals surface area (Å²) in [6.07, 6.45) is 86.9. The number of ether oxygens (including phenoxy) is 2. The number of allylic oxidation sites excluding steroid dienone is 2. The summed E-state index contributed by atoms with van der Waals surface area (Å²) in [4.78, 5) is 24.6. The van der Waals surface area contributed by atoms with Gasteiger partial charge in [0, 0.05) is 12.8 Å². The van der Waals surface area contributed by atoms with Crippen molar-refractivity contribution in [2.45, 2.75) is 418 Å². The molecule has 0 aliphatic rings. The first-order valence-corrected chi connectivity index (χ1v) is 35.2. The standard InChI is InChI=1S/C71H138O5/c1-3-5-7-9-11-13-15-17-19-21-23-25-27-29-31-32-33-34-35-36-37-38-40-41-43-45-47-49-51-53-55-57-59-61-63-65-70(73)75-68-69(67-72)76-71(74)66-64-62-60-58-56-54-52-50-48-46-44-42-39-30-28-26-24-22-20-18-16-14-12-10-8-6-4-2/h22,24,69,72H,3-21,23,25-68H2,1-2H3/b24-22-. The molecule has 0 aromatic rings. The lowest BCUT2D eigenvalue weighted by atomic mass is 10.0. The van der Waals surface area contributed by atoms with Crippen molar-refractivity contribution in [3.63, 3.8) is 0 Å². The molecular weight excluding hydrogens is 933 g/mol. The highest BCUT2D eigenvalue weighted by Gasteiger charge is 2.16. The number of carbonyl (C=O) groups excluding carboxylic acids is 2. The Morgan fingerprint density at radius 1 is 0.289 bits per heavy atom. The monoisotopic (exact) mass is 1070 g/mol. The molecule has 0 heterocycles. The van der Waals surface area contributed by atoms with Crippen molar-refractivity contribution in [3.8, 4) is 0 Å². The van der Waals surface area contributed by atoms with Crippen LogP contribution in [-0.4, -0.2) is 36.4 Å². The van der Waals surface area contributed by atoms with Crippen LogP contribution in [0.15, 0.2) is 12.2 Å². The third kappa shape index (κ3) is 65.2. The fourth-order valence-corrected chi connectivity index (χ4v) is 11.3. The third-order valence-corrected chi connectivity index (χ3v) is 16.6. The molecule has 0 saturated heterocycles. The largest absolute Gasteiger partial charge is 0.462 e. The molecule has 0 saturated carbocycles. The van der Waals surface area contributed by atoms with Gasteiger partial charge < -0.3 is 14.6 Å². The zero-order chi connectivity index (χ0) is 54.8. The van der Waals surface area contributed by atoms with E-state index >= 15 is 0 Å². The molecule has 0 aromatic heterocycles. The first-order valence-electron chi connectivity index (χ1n) is 35.2. The van der Waals surface area contributed by atoms with Crippen LogP contribution >= 0.6 is 0 Å². The van der Waals surface area contributed by atoms with Crippen LogP contribution in [0.3, 0.4) is 0 Å². The number of hydrogen-bond donors (Lipinski definition) is 1. The minimum absolute atomic E-state index is 0.0572. The number of aliphatic hydroxyl groups excluding tert-OH is 1. The molecule has 1 atom stereocenters. The summed E-state index contributed by atoms with van der Waals surface area (Å²) in [5, 5.41) is 9.70. The van der Waals surface area contributed by atoms with Crippen LogP contribution in [-0.2, 0) is 19.1 Å². The van der Waals surface area contributed by atoms with E-state index < -0.39 is 6.10 Å². The minimum atomic E-state index is -0.768. The SMILES string of the molecule is CCCCCCCCCC/C=C\CCCCCCCCCCCCCCCCCC(=O)OC(CO)COC(=O)CCCCCCCCCCCCCCCCCCCCCCCCCCCCCCCCCCCCC. The van der Waals surface area contributed by atoms with E-state index in [1.54, 1.807) is 0 Å². The van der Waals surface area contributed by atoms with Crippen LogP contribution < -0.4 is 0 Å². The number of unbranched alkanes of at least 4 members (excludes halogenated alkanes) is 57. The number of carbonyl (C=O) groups is 2. The maximum atomic E-state index is 12.4. The summed E-state index contributed by atoms with van der Waals surface area (Å²) in [5.41, 5.74) is 0. The Morgan fingerprint density at radius 3 is 0.711 bits per heavy atom. The Bertz CT molecular complexity index is 1120. The van der Waals surface area contributed by atoms with E-state index in [1.807, 2.05) is 0 Å². The normalized spacial score (nSPS) is 12.1. The lowest BCUT2D eigenvalue weighted by Gasteiger charge is -2.15. The lowest BCUT2D eigenvalue weighted by Crippen LogP contribution is -2.28. The van der Waals surface area contributed by atoms with Gasteiger partial charge in [0.1, 0.15) is 6.61 Å². The van der Waals surface area contributed by atoms with Crippen molar-refractivity contribution in [2.75, 3.05) is 13.2 Å². The van der Waals surface area contributed by atoms with Crippen LogP contribution in [0.2, 0.25) is 0 Å². The van der Waals surface area contributed by atoms with Crippen LogP contribution in [0.4, 0.5) is 0 Å². The molecule has 1 N–H and O–H groups in total. The highest BCUT2D eigenvalue weighted by atomic mass is 16.6. The second kappa shape index (κ2) is 67.9. The molecule has 452 valence electrons. The molecule has 1 unspecified atom stereocenters. The highest BCUT2D eigenvalue weighted by molar-refractivity contribution is 5.70. The molecule has 0 bridgehead atoms. The van der Waals surface area contributed by atoms with Gasteiger partial charge in [-0.3, -0.25) is 9.59 Å². The van der Waals surface area contributed by atoms with Gasteiger partial charge in [0.05, 0.1) is 6.61 Å². The maximum absolute atomic E-state index is 12.4. The smallest absolute Gasteiger partial charge is 0.306 e. The van der Waals surface area contributed by atoms with Gasteiger partial charge in [-0.05, 0) is 38.5 Å². The van der Waals surface area contributed by atoms with E-state index in [0.29, 0.717) is 12.8 Å². The summed E-state index contributed by atoms with van der Waals surface area (Å²) in [7, 11) is 0. The summed E-state index contributed by atoms with van der Waals surface area (Å²) >= 11 is 0. The number of rotatable bonds is 67. The molecule has 5 nitrogen and oxygen atoms in total. The van der Waals surface area contributed by atoms with Gasteiger partial charge in [0.15, 0.2) is 6.10 Å². The van der Waals surface area contributed by atoms with Gasteiger partial charge >= 0.3 is 11.9 Å². The second-order valence-electron chi connectivity index (χ2n) is 24.3. The number of hydrogen-bond acceptors (Lipinski definition) is 5. The summed E-state index contributed by atoms with van der Waals surface area (Å²) in [6, 6.07) is 0. The van der Waals surface area contributed by atoms with Crippen LogP contribution in [0, 0.1) is 0 Å². The van der Waals surface area contributed by atoms with Crippen molar-refractivity contribution in [2.24, 2.45) is 0 Å². The predicted molar refractivity (Wildman–Crippen MR) is 335 cm³/mol. The van der Waals surface area contributed by atoms with Gasteiger partial charge in [0.25, 0.3) is 0 Å². The predicted octanol–water partition coefficient (Wildman–Crippen LogP) is 24.2. The van der Waals surface area contributed by atoms with Crippen molar-refractivity contribution >= 4 is 11.9 Å². The van der Waals surface area contributed by atoms with Crippen LogP contribution in [0.25, 0.3) is 0 Å². The van der Waals surface area contributed by atoms with Gasteiger partial charge in [-0.15, -0.1) is 0 Å². The fraction of sp³-hybridized carbons (Fsp3) is 0.944. The quantitative estimate of drug-likeness (QED) is 0.0373. The molecule has 5 heteroatoms. The third-order valence-electron chi connectivity index (χ3n) is 16.6. The molecular formula is C71H138O5. The minimum Gasteiger partial charge on any atom is -0.462 e. The number of esters is 2. The van der Waals surface area contributed by atoms with Crippen molar-refractivity contribution in [1.82, 2.24) is 0 Å². The Hall–Kier alpha value is -1.36. The zero-order valence-corrected chi connectivity index (χ0v) is 52.1. The fourth-order valence-electron chi connectivity index (χ4n) is 11.3. The first-order chi connectivity index (χ1) is 37.6. The highest BCUT2D eigenvalue weighted by Crippen LogP contribution is 2.19. The molecule has 0 rings (SSSR count). The Balaban J connectivity index is 3.36. The average Bonchev–Trinajstić information content (AvgIpc) is 3.42. The molecule has 0 aromatic carbocycles. The molecule has 0 aliphatic heterocycles. The van der Waals surface area contributed by atoms with E-state index in [-0.39, 0.29) is 25.2 Å². The molecule has 0 aliphatic carbocycles. The molecule has 0 spiro atoms. The van der Waals surface area contributed by atoms with Gasteiger partial charge in [-0.25, -0.2) is 0 Å². The summed E-state index contributed by atoms with van der Waals surface area (Å²) in [5.74, 6) is -0.562. The average molecular weight is 1070 g/mol. The topological polar surface area (TPSA) is 72.8 Å². The molecule has 0 radical (unpaired) electrons. The maximum Gasteiger partial charge on any atom is 0.306 e. The summed E-state index contributed by atoms with van der Waals surface area (Å²) in [6.45, 7) is 4.22. The van der Waals surface area contributed by atoms with Crippen LogP contribution in [0.5, 0.6) is 0 Å². The van der Waals surface area contributed by atoms with E-state index in [9.17, 15) is 14.7 Å². The molecule has 76 heavy (non-hydrogen) atoms. The first kappa shape index (κ1) is 74.6. The van der Waals surface area contributed by atoms with Crippen molar-refractivity contribution < 1.29 is 24.2 Å². The summed E-state index contributed by atoms with van der Waals surface area (Å²) < 4.78 is 10.8. The van der Waals surface area contributed by atoms with Gasteiger partial charge in [0.2, 0.25) is 0 Å². The van der Waals surface area contributed by atoms with Crippen molar-refractivity contribution in [3.05, 3.63) is 12.2 Å². The lowest BCUT2D eigenvalue weighted by molar-refractivity contribution is -0.161. The Morgan fingerprint density at radius 2 is 0.487 bits per heavy atom. The van der Waals surface area contributed by atoms with E-state index in [4.69, 9.17) is 9.47 Å². The van der Waals surface area contributed by atoms with Crippen molar-refractivity contribution in [1.29, 1.82) is 0 Å². The molecule has 0 amide bonds. The van der Waals surface area contributed by atoms with E-state index in [1.165, 1.54) is 353 Å². The Labute approximate surface area is 477 Å².